The molecule has 3 rings (SSSR count). The number of aromatic nitrogens is 2. The highest BCUT2D eigenvalue weighted by Gasteiger charge is 2.29. The van der Waals surface area contributed by atoms with Gasteiger partial charge >= 0.3 is 6.03 Å². The predicted molar refractivity (Wildman–Crippen MR) is 105 cm³/mol. The molecule has 9 heteroatoms. The van der Waals surface area contributed by atoms with Crippen molar-refractivity contribution in [2.45, 2.75) is 32.5 Å². The minimum Gasteiger partial charge on any atom is -0.439 e. The number of hydrogen-bond donors (Lipinski definition) is 2. The molecule has 0 spiro atoms. The van der Waals surface area contributed by atoms with Crippen molar-refractivity contribution >= 4 is 23.2 Å². The third-order valence-electron chi connectivity index (χ3n) is 4.50. The first kappa shape index (κ1) is 19.7. The van der Waals surface area contributed by atoms with Crippen molar-refractivity contribution in [3.05, 3.63) is 48.3 Å². The molecule has 0 radical (unpaired) electrons. The van der Waals surface area contributed by atoms with Gasteiger partial charge < -0.3 is 15.1 Å². The number of likely N-dealkylation sites (tertiary alicyclic amines) is 1. The molecule has 3 heterocycles. The highest BCUT2D eigenvalue weighted by atomic mass is 19.1. The first-order valence-corrected chi connectivity index (χ1v) is 8.93. The van der Waals surface area contributed by atoms with E-state index < -0.39 is 18.2 Å². The summed E-state index contributed by atoms with van der Waals surface area (Å²) in [4.78, 5) is 26.6. The number of pyridine rings is 1. The molecule has 2 amide bonds. The second kappa shape index (κ2) is 8.30. The minimum absolute atomic E-state index is 0.0324. The van der Waals surface area contributed by atoms with E-state index in [1.165, 1.54) is 4.90 Å². The Morgan fingerprint density at radius 2 is 2.25 bits per heavy atom. The molecular weight excluding hydrogens is 363 g/mol. The van der Waals surface area contributed by atoms with Gasteiger partial charge in [0.05, 0.1) is 18.4 Å². The molecule has 0 aliphatic carbocycles. The van der Waals surface area contributed by atoms with E-state index in [2.05, 4.69) is 26.9 Å². The summed E-state index contributed by atoms with van der Waals surface area (Å²) >= 11 is 0. The van der Waals surface area contributed by atoms with Crippen molar-refractivity contribution in [2.24, 2.45) is 10.7 Å². The van der Waals surface area contributed by atoms with E-state index in [1.54, 1.807) is 31.5 Å². The number of rotatable bonds is 4. The fourth-order valence-corrected chi connectivity index (χ4v) is 2.81. The van der Waals surface area contributed by atoms with Gasteiger partial charge in [-0.3, -0.25) is 5.32 Å². The number of allylic oxidation sites excluding steroid dienone is 1. The van der Waals surface area contributed by atoms with E-state index in [9.17, 15) is 9.18 Å². The van der Waals surface area contributed by atoms with Gasteiger partial charge in [0.25, 0.3) is 0 Å². The van der Waals surface area contributed by atoms with Crippen molar-refractivity contribution in [2.75, 3.05) is 18.4 Å². The van der Waals surface area contributed by atoms with E-state index >= 15 is 0 Å². The molecule has 1 saturated heterocycles. The number of amides is 2. The lowest BCUT2D eigenvalue weighted by Crippen LogP contribution is -2.51. The minimum atomic E-state index is -1.23. The molecule has 28 heavy (non-hydrogen) atoms. The van der Waals surface area contributed by atoms with Gasteiger partial charge in [-0.1, -0.05) is 6.58 Å². The molecule has 0 bridgehead atoms. The quantitative estimate of drug-likeness (QED) is 0.785. The van der Waals surface area contributed by atoms with E-state index in [0.717, 1.165) is 5.56 Å². The van der Waals surface area contributed by atoms with E-state index in [1.807, 2.05) is 6.92 Å². The smallest absolute Gasteiger partial charge is 0.323 e. The zero-order chi connectivity index (χ0) is 20.3. The molecule has 8 nitrogen and oxygen atoms in total. The maximum Gasteiger partial charge on any atom is 0.323 e. The number of alkyl halides is 1. The maximum atomic E-state index is 13.8. The summed E-state index contributed by atoms with van der Waals surface area (Å²) in [5.74, 6) is 1.33. The highest BCUT2D eigenvalue weighted by Crippen LogP contribution is 2.23. The van der Waals surface area contributed by atoms with Crippen LogP contribution in [0.3, 0.4) is 0 Å². The Balaban J connectivity index is 1.78. The lowest BCUT2D eigenvalue weighted by molar-refractivity contribution is 0.137. The zero-order valence-corrected chi connectivity index (χ0v) is 15.9. The number of oxazole rings is 1. The van der Waals surface area contributed by atoms with E-state index in [0.29, 0.717) is 41.8 Å². The third-order valence-corrected chi connectivity index (χ3v) is 4.50. The zero-order valence-electron chi connectivity index (χ0n) is 15.9. The Hall–Kier alpha value is -3.07. The van der Waals surface area contributed by atoms with Crippen LogP contribution in [0, 0.1) is 13.8 Å². The molecule has 2 aromatic heterocycles. The normalized spacial score (nSPS) is 20.1. The monoisotopic (exact) mass is 386 g/mol. The van der Waals surface area contributed by atoms with Crippen molar-refractivity contribution in [1.29, 1.82) is 0 Å². The number of hydrogen-bond acceptors (Lipinski definition) is 6. The molecule has 3 N–H and O–H groups in total. The van der Waals surface area contributed by atoms with Crippen LogP contribution in [0.4, 0.5) is 20.7 Å². The van der Waals surface area contributed by atoms with E-state index in [4.69, 9.17) is 10.2 Å². The standard InChI is InChI=1S/C19H23FN6O2/c1-4-15(17-9-22-12(3)28-17)24-16-7-18(23-8-11(16)2)25-19(27)26-6-5-14(21)13(20)10-26/h4,7-9,13-14H,1,5-6,10,21H2,2-3H3,(H,23,25,27)/t13-,14-/m1/s1. The van der Waals surface area contributed by atoms with Crippen LogP contribution in [0.5, 0.6) is 0 Å². The van der Waals surface area contributed by atoms with Crippen LogP contribution in [0.1, 0.15) is 23.6 Å². The predicted octanol–water partition coefficient (Wildman–Crippen LogP) is 2.90. The topological polar surface area (TPSA) is 110 Å². The van der Waals surface area contributed by atoms with Crippen LogP contribution in [-0.4, -0.2) is 51.9 Å². The Kier molecular flexibility index (Phi) is 5.84. The van der Waals surface area contributed by atoms with Gasteiger partial charge in [0.1, 0.15) is 17.7 Å². The number of urea groups is 1. The highest BCUT2D eigenvalue weighted by molar-refractivity contribution is 6.07. The first-order valence-electron chi connectivity index (χ1n) is 8.93. The summed E-state index contributed by atoms with van der Waals surface area (Å²) in [5.41, 5.74) is 7.57. The molecule has 1 aliphatic rings. The second-order valence-electron chi connectivity index (χ2n) is 6.65. The van der Waals surface area contributed by atoms with Gasteiger partial charge in [-0.2, -0.15) is 0 Å². The number of piperidine rings is 1. The van der Waals surface area contributed by atoms with Gasteiger partial charge in [0.2, 0.25) is 0 Å². The first-order chi connectivity index (χ1) is 13.4. The van der Waals surface area contributed by atoms with Crippen LogP contribution in [-0.2, 0) is 0 Å². The number of aryl methyl sites for hydroxylation is 2. The summed E-state index contributed by atoms with van der Waals surface area (Å²) in [6, 6.07) is 0.693. The average molecular weight is 386 g/mol. The van der Waals surface area contributed by atoms with Crippen LogP contribution in [0.25, 0.3) is 0 Å². The molecule has 0 unspecified atom stereocenters. The Morgan fingerprint density at radius 1 is 1.46 bits per heavy atom. The number of halogens is 1. The number of anilines is 1. The van der Waals surface area contributed by atoms with Gasteiger partial charge in [-0.05, 0) is 25.0 Å². The van der Waals surface area contributed by atoms with Crippen molar-refractivity contribution in [1.82, 2.24) is 14.9 Å². The SMILES string of the molecule is C=CC(=Nc1cc(NC(=O)N2CC[C@@H](N)[C@H](F)C2)ncc1C)c1cnc(C)o1. The van der Waals surface area contributed by atoms with Crippen molar-refractivity contribution in [3.8, 4) is 0 Å². The number of aliphatic imine (C=N–C) groups is 1. The van der Waals surface area contributed by atoms with Gasteiger partial charge in [0.15, 0.2) is 11.7 Å². The number of nitrogens with one attached hydrogen (secondary N) is 1. The van der Waals surface area contributed by atoms with Crippen molar-refractivity contribution in [3.63, 3.8) is 0 Å². The number of nitrogens with zero attached hydrogens (tertiary/aromatic N) is 4. The fraction of sp³-hybridized carbons (Fsp3) is 0.368. The summed E-state index contributed by atoms with van der Waals surface area (Å²) in [6.45, 7) is 7.72. The molecule has 0 saturated carbocycles. The average Bonchev–Trinajstić information content (AvgIpc) is 3.10. The third kappa shape index (κ3) is 4.42. The Labute approximate surface area is 162 Å². The lowest BCUT2D eigenvalue weighted by atomic mass is 10.0. The van der Waals surface area contributed by atoms with Gasteiger partial charge in [-0.15, -0.1) is 0 Å². The second-order valence-corrected chi connectivity index (χ2v) is 6.65. The maximum absolute atomic E-state index is 13.8. The summed E-state index contributed by atoms with van der Waals surface area (Å²) in [5, 5.41) is 2.69. The van der Waals surface area contributed by atoms with Gasteiger partial charge in [-0.25, -0.2) is 24.1 Å². The van der Waals surface area contributed by atoms with Crippen LogP contribution in [0.2, 0.25) is 0 Å². The van der Waals surface area contributed by atoms with Crippen LogP contribution in [0.15, 0.2) is 40.5 Å². The molecule has 2 aromatic rings. The van der Waals surface area contributed by atoms with Crippen molar-refractivity contribution < 1.29 is 13.6 Å². The number of nitrogens with two attached hydrogens (primary N) is 1. The molecular formula is C19H23FN6O2. The molecule has 0 aromatic carbocycles. The van der Waals surface area contributed by atoms with Gasteiger partial charge in [0, 0.05) is 31.8 Å². The summed E-state index contributed by atoms with van der Waals surface area (Å²) in [6.07, 6.45) is 3.93. The number of carbonyl (C=O) groups excluding carboxylic acids is 1. The molecule has 148 valence electrons. The Bertz CT molecular complexity index is 910. The van der Waals surface area contributed by atoms with Crippen LogP contribution < -0.4 is 11.1 Å². The lowest BCUT2D eigenvalue weighted by Gasteiger charge is -2.32. The largest absolute Gasteiger partial charge is 0.439 e. The van der Waals surface area contributed by atoms with E-state index in [-0.39, 0.29) is 6.54 Å². The summed E-state index contributed by atoms with van der Waals surface area (Å²) < 4.78 is 19.3. The molecule has 1 aliphatic heterocycles. The fourth-order valence-electron chi connectivity index (χ4n) is 2.81. The molecule has 1 fully saturated rings. The number of carbonyl (C=O) groups is 1. The van der Waals surface area contributed by atoms with Crippen LogP contribution >= 0.6 is 0 Å². The molecule has 2 atom stereocenters. The Morgan fingerprint density at radius 3 is 2.89 bits per heavy atom. The summed E-state index contributed by atoms with van der Waals surface area (Å²) in [7, 11) is 0.